The molecule has 1 amide bonds. The molecule has 88 valence electrons. The van der Waals surface area contributed by atoms with Crippen molar-refractivity contribution in [2.75, 3.05) is 13.1 Å². The van der Waals surface area contributed by atoms with Crippen LogP contribution in [-0.4, -0.2) is 36.2 Å². The van der Waals surface area contributed by atoms with Gasteiger partial charge in [-0.1, -0.05) is 6.92 Å². The van der Waals surface area contributed by atoms with E-state index in [1.165, 1.54) is 0 Å². The molecule has 0 spiro atoms. The number of rotatable bonds is 8. The third kappa shape index (κ3) is 6.47. The van der Waals surface area contributed by atoms with Gasteiger partial charge < -0.3 is 15.7 Å². The summed E-state index contributed by atoms with van der Waals surface area (Å²) in [5.41, 5.74) is 0. The van der Waals surface area contributed by atoms with Crippen LogP contribution in [0, 0.1) is 0 Å². The third-order valence-electron chi connectivity index (χ3n) is 2.60. The van der Waals surface area contributed by atoms with Crippen molar-refractivity contribution in [2.45, 2.75) is 51.2 Å². The Labute approximate surface area is 91.4 Å². The van der Waals surface area contributed by atoms with E-state index in [4.69, 9.17) is 0 Å². The first-order valence-corrected chi connectivity index (χ1v) is 5.90. The van der Waals surface area contributed by atoms with Crippen molar-refractivity contribution >= 4 is 5.91 Å². The normalized spacial score (nSPS) is 17.5. The van der Waals surface area contributed by atoms with Gasteiger partial charge in [-0.2, -0.15) is 0 Å². The fourth-order valence-corrected chi connectivity index (χ4v) is 1.33. The fraction of sp³-hybridized carbons (Fsp3) is 0.909. The van der Waals surface area contributed by atoms with Crippen LogP contribution in [0.1, 0.15) is 39.0 Å². The summed E-state index contributed by atoms with van der Waals surface area (Å²) in [5.74, 6) is 0.140. The number of carbonyl (C=O) groups is 1. The highest BCUT2D eigenvalue weighted by Crippen LogP contribution is 2.18. The molecule has 1 saturated carbocycles. The topological polar surface area (TPSA) is 61.4 Å². The Morgan fingerprint density at radius 2 is 2.20 bits per heavy atom. The Hall–Kier alpha value is -0.610. The molecule has 4 heteroatoms. The van der Waals surface area contributed by atoms with Gasteiger partial charge in [0.05, 0.1) is 6.10 Å². The van der Waals surface area contributed by atoms with Crippen LogP contribution >= 0.6 is 0 Å². The Morgan fingerprint density at radius 3 is 2.80 bits per heavy atom. The van der Waals surface area contributed by atoms with E-state index in [2.05, 4.69) is 10.6 Å². The summed E-state index contributed by atoms with van der Waals surface area (Å²) >= 11 is 0. The molecule has 0 saturated heterocycles. The molecule has 1 aliphatic rings. The maximum absolute atomic E-state index is 11.2. The quantitative estimate of drug-likeness (QED) is 0.513. The summed E-state index contributed by atoms with van der Waals surface area (Å²) in [7, 11) is 0. The standard InChI is InChI=1S/C11H22N2O2/c1-2-10(14)5-7-12-8-6-11(15)13-9-3-4-9/h9-10,12,14H,2-8H2,1H3,(H,13,15). The van der Waals surface area contributed by atoms with Crippen LogP contribution in [0.5, 0.6) is 0 Å². The maximum atomic E-state index is 11.2. The molecule has 1 unspecified atom stereocenters. The molecule has 0 bridgehead atoms. The highest BCUT2D eigenvalue weighted by Gasteiger charge is 2.22. The summed E-state index contributed by atoms with van der Waals surface area (Å²) in [6.45, 7) is 3.45. The monoisotopic (exact) mass is 214 g/mol. The van der Waals surface area contributed by atoms with E-state index >= 15 is 0 Å². The van der Waals surface area contributed by atoms with Gasteiger partial charge in [0.1, 0.15) is 0 Å². The number of hydrogen-bond donors (Lipinski definition) is 3. The number of amides is 1. The second-order valence-corrected chi connectivity index (χ2v) is 4.19. The first-order valence-electron chi connectivity index (χ1n) is 5.90. The molecule has 0 aliphatic heterocycles. The molecular weight excluding hydrogens is 192 g/mol. The molecule has 0 aromatic heterocycles. The molecule has 1 atom stereocenters. The number of aliphatic hydroxyl groups excluding tert-OH is 1. The molecule has 0 radical (unpaired) electrons. The van der Waals surface area contributed by atoms with Gasteiger partial charge in [-0.3, -0.25) is 4.79 Å². The highest BCUT2D eigenvalue weighted by molar-refractivity contribution is 5.76. The van der Waals surface area contributed by atoms with E-state index in [-0.39, 0.29) is 12.0 Å². The summed E-state index contributed by atoms with van der Waals surface area (Å²) in [6, 6.07) is 0.458. The van der Waals surface area contributed by atoms with E-state index in [9.17, 15) is 9.90 Å². The smallest absolute Gasteiger partial charge is 0.221 e. The summed E-state index contributed by atoms with van der Waals surface area (Å²) in [6.07, 6.45) is 4.17. The molecule has 1 aliphatic carbocycles. The summed E-state index contributed by atoms with van der Waals surface area (Å²) < 4.78 is 0. The van der Waals surface area contributed by atoms with Crippen LogP contribution in [0.15, 0.2) is 0 Å². The molecule has 0 aromatic rings. The lowest BCUT2D eigenvalue weighted by Crippen LogP contribution is -2.30. The lowest BCUT2D eigenvalue weighted by Gasteiger charge is -2.08. The van der Waals surface area contributed by atoms with E-state index in [0.29, 0.717) is 19.0 Å². The van der Waals surface area contributed by atoms with E-state index in [1.807, 2.05) is 6.92 Å². The van der Waals surface area contributed by atoms with Gasteiger partial charge in [0.2, 0.25) is 5.91 Å². The van der Waals surface area contributed by atoms with E-state index in [0.717, 1.165) is 32.2 Å². The molecule has 0 aromatic carbocycles. The number of hydrogen-bond acceptors (Lipinski definition) is 3. The lowest BCUT2D eigenvalue weighted by molar-refractivity contribution is -0.121. The van der Waals surface area contributed by atoms with Crippen LogP contribution in [0.25, 0.3) is 0 Å². The molecule has 15 heavy (non-hydrogen) atoms. The predicted octanol–water partition coefficient (Wildman–Crippen LogP) is 0.406. The Balaban J connectivity index is 1.85. The predicted molar refractivity (Wildman–Crippen MR) is 59.6 cm³/mol. The SMILES string of the molecule is CCC(O)CCNCCC(=O)NC1CC1. The minimum Gasteiger partial charge on any atom is -0.393 e. The molecule has 1 fully saturated rings. The van der Waals surface area contributed by atoms with Crippen molar-refractivity contribution in [1.82, 2.24) is 10.6 Å². The van der Waals surface area contributed by atoms with Crippen LogP contribution in [-0.2, 0) is 4.79 Å². The maximum Gasteiger partial charge on any atom is 0.221 e. The second-order valence-electron chi connectivity index (χ2n) is 4.19. The van der Waals surface area contributed by atoms with Gasteiger partial charge in [-0.25, -0.2) is 0 Å². The average molecular weight is 214 g/mol. The van der Waals surface area contributed by atoms with Crippen molar-refractivity contribution in [3.63, 3.8) is 0 Å². The number of carbonyl (C=O) groups excluding carboxylic acids is 1. The van der Waals surface area contributed by atoms with Crippen molar-refractivity contribution in [1.29, 1.82) is 0 Å². The third-order valence-corrected chi connectivity index (χ3v) is 2.60. The molecular formula is C11H22N2O2. The first-order chi connectivity index (χ1) is 7.22. The van der Waals surface area contributed by atoms with Crippen molar-refractivity contribution in [3.05, 3.63) is 0 Å². The molecule has 0 heterocycles. The second kappa shape index (κ2) is 6.80. The number of nitrogens with one attached hydrogen (secondary N) is 2. The Bertz CT molecular complexity index is 193. The van der Waals surface area contributed by atoms with Crippen LogP contribution < -0.4 is 10.6 Å². The van der Waals surface area contributed by atoms with Crippen molar-refractivity contribution in [3.8, 4) is 0 Å². The average Bonchev–Trinajstić information content (AvgIpc) is 3.00. The van der Waals surface area contributed by atoms with Crippen LogP contribution in [0.2, 0.25) is 0 Å². The lowest BCUT2D eigenvalue weighted by atomic mass is 10.2. The zero-order chi connectivity index (χ0) is 11.1. The molecule has 3 N–H and O–H groups in total. The van der Waals surface area contributed by atoms with Gasteiger partial charge in [-0.05, 0) is 32.2 Å². The molecule has 1 rings (SSSR count). The van der Waals surface area contributed by atoms with E-state index in [1.54, 1.807) is 0 Å². The van der Waals surface area contributed by atoms with E-state index < -0.39 is 0 Å². The zero-order valence-corrected chi connectivity index (χ0v) is 9.46. The van der Waals surface area contributed by atoms with Crippen LogP contribution in [0.3, 0.4) is 0 Å². The minimum absolute atomic E-state index is 0.140. The Morgan fingerprint density at radius 1 is 1.47 bits per heavy atom. The van der Waals surface area contributed by atoms with Crippen LogP contribution in [0.4, 0.5) is 0 Å². The first kappa shape index (κ1) is 12.5. The Kier molecular flexibility index (Phi) is 5.65. The fourth-order valence-electron chi connectivity index (χ4n) is 1.33. The number of aliphatic hydroxyl groups is 1. The van der Waals surface area contributed by atoms with Gasteiger partial charge >= 0.3 is 0 Å². The largest absolute Gasteiger partial charge is 0.393 e. The zero-order valence-electron chi connectivity index (χ0n) is 9.46. The summed E-state index contributed by atoms with van der Waals surface area (Å²) in [4.78, 5) is 11.2. The highest BCUT2D eigenvalue weighted by atomic mass is 16.3. The van der Waals surface area contributed by atoms with Crippen molar-refractivity contribution in [2.24, 2.45) is 0 Å². The minimum atomic E-state index is -0.210. The van der Waals surface area contributed by atoms with Gasteiger partial charge in [0.25, 0.3) is 0 Å². The van der Waals surface area contributed by atoms with Gasteiger partial charge in [-0.15, -0.1) is 0 Å². The van der Waals surface area contributed by atoms with Gasteiger partial charge in [0, 0.05) is 19.0 Å². The summed E-state index contributed by atoms with van der Waals surface area (Å²) in [5, 5.41) is 15.4. The molecule has 4 nitrogen and oxygen atoms in total. The van der Waals surface area contributed by atoms with Gasteiger partial charge in [0.15, 0.2) is 0 Å². The van der Waals surface area contributed by atoms with Crippen molar-refractivity contribution < 1.29 is 9.90 Å².